The van der Waals surface area contributed by atoms with Crippen LogP contribution in [-0.4, -0.2) is 49.2 Å². The van der Waals surface area contributed by atoms with E-state index >= 15 is 0 Å². The van der Waals surface area contributed by atoms with Gasteiger partial charge in [-0.15, -0.1) is 0 Å². The van der Waals surface area contributed by atoms with Gasteiger partial charge in [0.25, 0.3) is 0 Å². The number of allylic oxidation sites excluding steroid dienone is 7. The quantitative estimate of drug-likeness (QED) is 0.372. The van der Waals surface area contributed by atoms with E-state index in [9.17, 15) is 19.4 Å². The molecule has 5 nitrogen and oxygen atoms in total. The second-order valence-corrected chi connectivity index (χ2v) is 10.2. The lowest BCUT2D eigenvalue weighted by molar-refractivity contribution is -0.143. The van der Waals surface area contributed by atoms with Gasteiger partial charge in [0, 0.05) is 13.0 Å². The van der Waals surface area contributed by atoms with Crippen LogP contribution in [0.1, 0.15) is 59.8 Å². The monoisotopic (exact) mass is 478 g/mol. The molecule has 2 aliphatic rings. The van der Waals surface area contributed by atoms with Crippen molar-refractivity contribution in [3.05, 3.63) is 46.9 Å². The van der Waals surface area contributed by atoms with Crippen LogP contribution in [0.5, 0.6) is 0 Å². The third-order valence-electron chi connectivity index (χ3n) is 7.06. The van der Waals surface area contributed by atoms with Crippen LogP contribution in [0.3, 0.4) is 0 Å². The van der Waals surface area contributed by atoms with Crippen molar-refractivity contribution in [1.29, 1.82) is 0 Å². The number of rotatable bonds is 12. The van der Waals surface area contributed by atoms with Gasteiger partial charge in [0.05, 0.1) is 32.3 Å². The Hall–Kier alpha value is -1.76. The molecular weight excluding hydrogens is 435 g/mol. The second-order valence-electron chi connectivity index (χ2n) is 10.2. The Morgan fingerprint density at radius 3 is 2.38 bits per heavy atom. The number of carbonyl (C=O) groups excluding carboxylic acids is 1. The minimum Gasteiger partial charge on any atom is -0.469 e. The minimum atomic E-state index is -0.939. The largest absolute Gasteiger partial charge is 0.469 e. The van der Waals surface area contributed by atoms with Gasteiger partial charge in [-0.25, -0.2) is 4.39 Å². The van der Waals surface area contributed by atoms with E-state index in [2.05, 4.69) is 38.5 Å². The van der Waals surface area contributed by atoms with Gasteiger partial charge >= 0.3 is 5.97 Å². The minimum absolute atomic E-state index is 0.121. The van der Waals surface area contributed by atoms with Gasteiger partial charge in [-0.05, 0) is 67.1 Å². The van der Waals surface area contributed by atoms with E-state index in [0.717, 1.165) is 0 Å². The highest BCUT2D eigenvalue weighted by Crippen LogP contribution is 2.47. The van der Waals surface area contributed by atoms with E-state index in [1.807, 2.05) is 6.08 Å². The number of ether oxygens (including phenoxy) is 2. The van der Waals surface area contributed by atoms with E-state index in [-0.39, 0.29) is 36.4 Å². The first kappa shape index (κ1) is 28.5. The molecule has 2 rings (SSSR count). The third kappa shape index (κ3) is 7.62. The van der Waals surface area contributed by atoms with Gasteiger partial charge in [0.1, 0.15) is 5.83 Å². The standard InChI is InChI=1S/C28H43FO5/c1-17(2)24-15-25(18(3)4)26(16-33-5)28(19-7-9-20(29)10-8-19)23(24)12-11-21(30)13-22(31)14-27(32)34-6/h7,9-10,15,17-19,21-22,26,28,30-31H,8,11-14,16H2,1-6H3/t19?,21-,22-,26?,28?/m1/s1. The van der Waals surface area contributed by atoms with E-state index in [0.29, 0.717) is 37.7 Å². The Kier molecular flexibility index (Phi) is 11.2. The zero-order valence-corrected chi connectivity index (χ0v) is 21.6. The Labute approximate surface area is 204 Å². The zero-order chi connectivity index (χ0) is 25.4. The lowest BCUT2D eigenvalue weighted by atomic mass is 9.63. The molecule has 0 saturated heterocycles. The smallest absolute Gasteiger partial charge is 0.308 e. The normalized spacial score (nSPS) is 24.9. The molecule has 0 heterocycles. The third-order valence-corrected chi connectivity index (χ3v) is 7.06. The van der Waals surface area contributed by atoms with Crippen LogP contribution in [0.15, 0.2) is 46.9 Å². The molecule has 6 heteroatoms. The summed E-state index contributed by atoms with van der Waals surface area (Å²) in [5.74, 6) is 0.442. The van der Waals surface area contributed by atoms with Crippen molar-refractivity contribution < 1.29 is 28.9 Å². The van der Waals surface area contributed by atoms with Gasteiger partial charge in [-0.2, -0.15) is 0 Å². The molecule has 0 aromatic heterocycles. The zero-order valence-electron chi connectivity index (χ0n) is 21.6. The van der Waals surface area contributed by atoms with Gasteiger partial charge in [0.15, 0.2) is 0 Å². The Bertz CT molecular complexity index is 808. The van der Waals surface area contributed by atoms with Crippen LogP contribution in [0, 0.1) is 29.6 Å². The van der Waals surface area contributed by atoms with Crippen LogP contribution in [0.4, 0.5) is 4.39 Å². The summed E-state index contributed by atoms with van der Waals surface area (Å²) in [5.41, 5.74) is 3.93. The first-order valence-electron chi connectivity index (χ1n) is 12.5. The number of aliphatic hydroxyl groups is 2. The van der Waals surface area contributed by atoms with E-state index < -0.39 is 18.2 Å². The number of halogens is 1. The number of hydrogen-bond donors (Lipinski definition) is 2. The Balaban J connectivity index is 2.35. The summed E-state index contributed by atoms with van der Waals surface area (Å²) in [5, 5.41) is 20.8. The van der Waals surface area contributed by atoms with Crippen LogP contribution >= 0.6 is 0 Å². The molecule has 192 valence electrons. The fraction of sp³-hybridized carbons (Fsp3) is 0.679. The van der Waals surface area contributed by atoms with Crippen molar-refractivity contribution in [2.45, 2.75) is 72.0 Å². The van der Waals surface area contributed by atoms with E-state index in [1.54, 1.807) is 19.3 Å². The summed E-state index contributed by atoms with van der Waals surface area (Å²) >= 11 is 0. The molecule has 0 amide bonds. The summed E-state index contributed by atoms with van der Waals surface area (Å²) in [4.78, 5) is 11.4. The molecule has 0 bridgehead atoms. The predicted molar refractivity (Wildman–Crippen MR) is 133 cm³/mol. The molecule has 34 heavy (non-hydrogen) atoms. The molecule has 3 unspecified atom stereocenters. The summed E-state index contributed by atoms with van der Waals surface area (Å²) in [6.07, 6.45) is 7.63. The number of aliphatic hydroxyl groups excluding tert-OH is 2. The lowest BCUT2D eigenvalue weighted by Crippen LogP contribution is -2.35. The molecule has 0 aliphatic heterocycles. The van der Waals surface area contributed by atoms with Gasteiger partial charge in [-0.3, -0.25) is 4.79 Å². The lowest BCUT2D eigenvalue weighted by Gasteiger charge is -2.42. The highest BCUT2D eigenvalue weighted by molar-refractivity contribution is 5.69. The number of methoxy groups -OCH3 is 2. The van der Waals surface area contributed by atoms with Gasteiger partial charge in [0.2, 0.25) is 0 Å². The van der Waals surface area contributed by atoms with Crippen LogP contribution < -0.4 is 0 Å². The summed E-state index contributed by atoms with van der Waals surface area (Å²) in [6, 6.07) is 0. The van der Waals surface area contributed by atoms with Crippen molar-refractivity contribution >= 4 is 5.97 Å². The molecular formula is C28H43FO5. The van der Waals surface area contributed by atoms with Crippen molar-refractivity contribution in [2.75, 3.05) is 20.8 Å². The number of hydrogen-bond acceptors (Lipinski definition) is 5. The average molecular weight is 479 g/mol. The predicted octanol–water partition coefficient (Wildman–Crippen LogP) is 5.30. The van der Waals surface area contributed by atoms with Crippen LogP contribution in [0.2, 0.25) is 0 Å². The summed E-state index contributed by atoms with van der Waals surface area (Å²) in [6.45, 7) is 9.36. The van der Waals surface area contributed by atoms with Crippen LogP contribution in [-0.2, 0) is 14.3 Å². The number of esters is 1. The van der Waals surface area contributed by atoms with Crippen LogP contribution in [0.25, 0.3) is 0 Å². The number of carbonyl (C=O) groups is 1. The highest BCUT2D eigenvalue weighted by atomic mass is 19.1. The van der Waals surface area contributed by atoms with Crippen molar-refractivity contribution in [3.8, 4) is 0 Å². The molecule has 0 aromatic carbocycles. The van der Waals surface area contributed by atoms with Crippen molar-refractivity contribution in [2.24, 2.45) is 29.6 Å². The molecule has 2 N–H and O–H groups in total. The maximum atomic E-state index is 13.8. The van der Waals surface area contributed by atoms with Crippen molar-refractivity contribution in [1.82, 2.24) is 0 Å². The first-order valence-corrected chi connectivity index (χ1v) is 12.5. The molecule has 0 radical (unpaired) electrons. The highest BCUT2D eigenvalue weighted by Gasteiger charge is 2.39. The Morgan fingerprint density at radius 1 is 1.15 bits per heavy atom. The molecule has 0 saturated carbocycles. The Morgan fingerprint density at radius 2 is 1.85 bits per heavy atom. The fourth-order valence-corrected chi connectivity index (χ4v) is 5.39. The molecule has 0 aromatic rings. The maximum absolute atomic E-state index is 13.8. The molecule has 5 atom stereocenters. The molecule has 0 fully saturated rings. The topological polar surface area (TPSA) is 76.0 Å². The fourth-order valence-electron chi connectivity index (χ4n) is 5.39. The SMILES string of the molecule is COCC1C(C(C)C)=CC(C(C)C)=C(CC[C@@H](O)C[C@@H](O)CC(=O)OC)C1C1C=CC(F)=CC1. The average Bonchev–Trinajstić information content (AvgIpc) is 2.77. The second kappa shape index (κ2) is 13.4. The van der Waals surface area contributed by atoms with Gasteiger partial charge < -0.3 is 19.7 Å². The first-order chi connectivity index (χ1) is 16.1. The van der Waals surface area contributed by atoms with Gasteiger partial charge in [-0.1, -0.05) is 51.0 Å². The summed E-state index contributed by atoms with van der Waals surface area (Å²) in [7, 11) is 3.00. The van der Waals surface area contributed by atoms with Crippen molar-refractivity contribution in [3.63, 3.8) is 0 Å². The maximum Gasteiger partial charge on any atom is 0.308 e. The molecule has 0 spiro atoms. The summed E-state index contributed by atoms with van der Waals surface area (Å²) < 4.78 is 24.1. The van der Waals surface area contributed by atoms with E-state index in [4.69, 9.17) is 4.74 Å². The molecule has 2 aliphatic carbocycles. The van der Waals surface area contributed by atoms with E-state index in [1.165, 1.54) is 23.8 Å².